The topological polar surface area (TPSA) is 67.8 Å². The zero-order chi connectivity index (χ0) is 13.1. The molecule has 0 bridgehead atoms. The van der Waals surface area contributed by atoms with Crippen LogP contribution in [0.1, 0.15) is 17.2 Å². The number of hydrogen-bond donors (Lipinski definition) is 2. The highest BCUT2D eigenvalue weighted by molar-refractivity contribution is 5.73. The number of aliphatic carboxylic acids is 1. The molecule has 2 rings (SSSR count). The minimum atomic E-state index is -0.885. The number of morpholine rings is 1. The van der Waals surface area contributed by atoms with E-state index in [4.69, 9.17) is 14.6 Å². The number of ether oxygens (including phenoxy) is 2. The maximum Gasteiger partial charge on any atom is 0.323 e. The van der Waals surface area contributed by atoms with Crippen LogP contribution in [0, 0.1) is 6.92 Å². The van der Waals surface area contributed by atoms with Crippen molar-refractivity contribution in [2.45, 2.75) is 19.1 Å². The number of rotatable bonds is 3. The number of carboxylic acids is 1. The molecule has 1 heterocycles. The van der Waals surface area contributed by atoms with Crippen LogP contribution in [0.4, 0.5) is 0 Å². The molecule has 0 spiro atoms. The van der Waals surface area contributed by atoms with E-state index < -0.39 is 12.0 Å². The Bertz CT molecular complexity index is 439. The smallest absolute Gasteiger partial charge is 0.323 e. The summed E-state index contributed by atoms with van der Waals surface area (Å²) in [4.78, 5) is 10.8. The Labute approximate surface area is 106 Å². The van der Waals surface area contributed by atoms with Gasteiger partial charge in [-0.25, -0.2) is 0 Å². The predicted molar refractivity (Wildman–Crippen MR) is 65.9 cm³/mol. The van der Waals surface area contributed by atoms with Crippen molar-refractivity contribution in [1.29, 1.82) is 0 Å². The molecule has 0 aromatic heterocycles. The molecular formula is C13H17NO4. The van der Waals surface area contributed by atoms with Crippen LogP contribution in [0.3, 0.4) is 0 Å². The lowest BCUT2D eigenvalue weighted by molar-refractivity contribution is -0.144. The van der Waals surface area contributed by atoms with Gasteiger partial charge in [-0.1, -0.05) is 11.6 Å². The zero-order valence-electron chi connectivity index (χ0n) is 10.5. The lowest BCUT2D eigenvalue weighted by Crippen LogP contribution is -2.47. The van der Waals surface area contributed by atoms with Crippen LogP contribution >= 0.6 is 0 Å². The fourth-order valence-electron chi connectivity index (χ4n) is 2.04. The van der Waals surface area contributed by atoms with Crippen molar-refractivity contribution in [3.05, 3.63) is 29.3 Å². The second-order valence-electron chi connectivity index (χ2n) is 4.37. The van der Waals surface area contributed by atoms with Gasteiger partial charge in [0.05, 0.1) is 19.8 Å². The van der Waals surface area contributed by atoms with Crippen LogP contribution in [0.5, 0.6) is 5.75 Å². The van der Waals surface area contributed by atoms with Crippen molar-refractivity contribution in [2.75, 3.05) is 20.3 Å². The van der Waals surface area contributed by atoms with Gasteiger partial charge < -0.3 is 14.6 Å². The standard InChI is InChI=1S/C13H17NO4/c1-8-3-4-11(17-2)9(5-8)12-6-14-10(7-18-12)13(15)16/h3-5,10,12,14H,6-7H2,1-2H3,(H,15,16). The molecule has 1 aromatic rings. The number of benzene rings is 1. The normalized spacial score (nSPS) is 23.7. The minimum absolute atomic E-state index is 0.164. The summed E-state index contributed by atoms with van der Waals surface area (Å²) in [6.07, 6.45) is -0.171. The number of methoxy groups -OCH3 is 1. The van der Waals surface area contributed by atoms with E-state index in [0.29, 0.717) is 6.54 Å². The Morgan fingerprint density at radius 1 is 1.56 bits per heavy atom. The molecule has 98 valence electrons. The first-order valence-electron chi connectivity index (χ1n) is 5.84. The molecule has 5 nitrogen and oxygen atoms in total. The Balaban J connectivity index is 2.14. The van der Waals surface area contributed by atoms with Crippen LogP contribution in [-0.4, -0.2) is 37.4 Å². The Morgan fingerprint density at radius 2 is 2.33 bits per heavy atom. The van der Waals surface area contributed by atoms with E-state index in [2.05, 4.69) is 5.32 Å². The van der Waals surface area contributed by atoms with Crippen LogP contribution in [0.25, 0.3) is 0 Å². The predicted octanol–water partition coefficient (Wildman–Crippen LogP) is 1.12. The van der Waals surface area contributed by atoms with E-state index in [0.717, 1.165) is 16.9 Å². The van der Waals surface area contributed by atoms with Crippen LogP contribution in [0.15, 0.2) is 18.2 Å². The number of carboxylic acid groups (broad SMARTS) is 1. The van der Waals surface area contributed by atoms with Crippen molar-refractivity contribution in [3.63, 3.8) is 0 Å². The SMILES string of the molecule is COc1ccc(C)cc1C1CNC(C(=O)O)CO1. The minimum Gasteiger partial charge on any atom is -0.496 e. The Morgan fingerprint density at radius 3 is 2.89 bits per heavy atom. The molecule has 0 radical (unpaired) electrons. The lowest BCUT2D eigenvalue weighted by atomic mass is 10.0. The average molecular weight is 251 g/mol. The van der Waals surface area contributed by atoms with E-state index >= 15 is 0 Å². The van der Waals surface area contributed by atoms with Gasteiger partial charge >= 0.3 is 5.97 Å². The molecule has 1 fully saturated rings. The maximum atomic E-state index is 10.8. The second kappa shape index (κ2) is 5.37. The van der Waals surface area contributed by atoms with Gasteiger partial charge in [-0.3, -0.25) is 10.1 Å². The van der Waals surface area contributed by atoms with Crippen molar-refractivity contribution < 1.29 is 19.4 Å². The van der Waals surface area contributed by atoms with Gasteiger partial charge in [-0.15, -0.1) is 0 Å². The van der Waals surface area contributed by atoms with Gasteiger partial charge in [0.2, 0.25) is 0 Å². The molecule has 2 N–H and O–H groups in total. The van der Waals surface area contributed by atoms with E-state index in [1.807, 2.05) is 25.1 Å². The molecule has 1 aliphatic heterocycles. The summed E-state index contributed by atoms with van der Waals surface area (Å²) in [5.41, 5.74) is 2.07. The number of hydrogen-bond acceptors (Lipinski definition) is 4. The zero-order valence-corrected chi connectivity index (χ0v) is 10.5. The fraction of sp³-hybridized carbons (Fsp3) is 0.462. The molecule has 1 aromatic carbocycles. The average Bonchev–Trinajstić information content (AvgIpc) is 2.39. The molecule has 18 heavy (non-hydrogen) atoms. The molecule has 0 saturated carbocycles. The van der Waals surface area contributed by atoms with Gasteiger partial charge in [0.15, 0.2) is 0 Å². The molecular weight excluding hydrogens is 234 g/mol. The molecule has 2 unspecified atom stereocenters. The third-order valence-electron chi connectivity index (χ3n) is 3.04. The summed E-state index contributed by atoms with van der Waals surface area (Å²) in [5.74, 6) is -0.120. The highest BCUT2D eigenvalue weighted by Crippen LogP contribution is 2.29. The summed E-state index contributed by atoms with van der Waals surface area (Å²) in [5, 5.41) is 11.8. The Hall–Kier alpha value is -1.59. The van der Waals surface area contributed by atoms with Gasteiger partial charge in [0, 0.05) is 12.1 Å². The van der Waals surface area contributed by atoms with Crippen molar-refractivity contribution in [1.82, 2.24) is 5.32 Å². The van der Waals surface area contributed by atoms with Crippen LogP contribution < -0.4 is 10.1 Å². The monoisotopic (exact) mass is 251 g/mol. The molecule has 0 aliphatic carbocycles. The van der Waals surface area contributed by atoms with Gasteiger partial charge in [0.1, 0.15) is 11.8 Å². The molecule has 5 heteroatoms. The van der Waals surface area contributed by atoms with Crippen molar-refractivity contribution >= 4 is 5.97 Å². The summed E-state index contributed by atoms with van der Waals surface area (Å²) in [6.45, 7) is 2.63. The summed E-state index contributed by atoms with van der Waals surface area (Å²) >= 11 is 0. The van der Waals surface area contributed by atoms with Crippen LogP contribution in [0.2, 0.25) is 0 Å². The van der Waals surface area contributed by atoms with Gasteiger partial charge in [-0.2, -0.15) is 0 Å². The van der Waals surface area contributed by atoms with E-state index in [9.17, 15) is 4.79 Å². The van der Waals surface area contributed by atoms with Gasteiger partial charge in [0.25, 0.3) is 0 Å². The van der Waals surface area contributed by atoms with E-state index in [1.165, 1.54) is 0 Å². The first-order valence-corrected chi connectivity index (χ1v) is 5.84. The highest BCUT2D eigenvalue weighted by Gasteiger charge is 2.28. The van der Waals surface area contributed by atoms with E-state index in [-0.39, 0.29) is 12.7 Å². The first kappa shape index (κ1) is 12.9. The summed E-state index contributed by atoms with van der Waals surface area (Å²) in [7, 11) is 1.62. The maximum absolute atomic E-state index is 10.8. The molecule has 1 saturated heterocycles. The number of nitrogens with one attached hydrogen (secondary N) is 1. The summed E-state index contributed by atoms with van der Waals surface area (Å²) in [6, 6.07) is 5.25. The van der Waals surface area contributed by atoms with Crippen molar-refractivity contribution in [3.8, 4) is 5.75 Å². The fourth-order valence-corrected chi connectivity index (χ4v) is 2.04. The molecule has 1 aliphatic rings. The largest absolute Gasteiger partial charge is 0.496 e. The number of aryl methyl sites for hydroxylation is 1. The lowest BCUT2D eigenvalue weighted by Gasteiger charge is -2.29. The molecule has 2 atom stereocenters. The third kappa shape index (κ3) is 2.63. The summed E-state index contributed by atoms with van der Waals surface area (Å²) < 4.78 is 10.9. The van der Waals surface area contributed by atoms with Crippen molar-refractivity contribution in [2.24, 2.45) is 0 Å². The third-order valence-corrected chi connectivity index (χ3v) is 3.04. The number of carbonyl (C=O) groups is 1. The van der Waals surface area contributed by atoms with E-state index in [1.54, 1.807) is 7.11 Å². The van der Waals surface area contributed by atoms with Crippen LogP contribution in [-0.2, 0) is 9.53 Å². The first-order chi connectivity index (χ1) is 8.61. The highest BCUT2D eigenvalue weighted by atomic mass is 16.5. The quantitative estimate of drug-likeness (QED) is 0.842. The molecule has 0 amide bonds. The Kier molecular flexibility index (Phi) is 3.84. The second-order valence-corrected chi connectivity index (χ2v) is 4.37. The van der Waals surface area contributed by atoms with Gasteiger partial charge in [-0.05, 0) is 19.1 Å².